The average Bonchev–Trinajstić information content (AvgIpc) is 2.18. The summed E-state index contributed by atoms with van der Waals surface area (Å²) in [5.41, 5.74) is -0.753. The summed E-state index contributed by atoms with van der Waals surface area (Å²) in [7, 11) is 0. The number of aliphatic hydroxyl groups is 1. The summed E-state index contributed by atoms with van der Waals surface area (Å²) in [5, 5.41) is 10.9. The van der Waals surface area contributed by atoms with E-state index in [1.54, 1.807) is 0 Å². The first-order valence-electron chi connectivity index (χ1n) is 7.18. The molecule has 1 N–H and O–H groups in total. The molecule has 4 atom stereocenters. The van der Waals surface area contributed by atoms with E-state index in [0.29, 0.717) is 5.92 Å². The highest BCUT2D eigenvalue weighted by molar-refractivity contribution is 5.24. The van der Waals surface area contributed by atoms with E-state index in [-0.39, 0.29) is 16.6 Å². The molecule has 2 saturated carbocycles. The molecule has 17 heavy (non-hydrogen) atoms. The highest BCUT2D eigenvalue weighted by Crippen LogP contribution is 2.69. The summed E-state index contributed by atoms with van der Waals surface area (Å²) in [4.78, 5) is 0. The maximum absolute atomic E-state index is 10.9. The molecule has 1 spiro atoms. The fourth-order valence-electron chi connectivity index (χ4n) is 5.42. The Bertz CT molecular complexity index is 343. The van der Waals surface area contributed by atoms with Crippen LogP contribution < -0.4 is 0 Å². The molecule has 98 valence electrons. The average molecular weight is 238 g/mol. The van der Waals surface area contributed by atoms with Gasteiger partial charge in [0.15, 0.2) is 0 Å². The van der Waals surface area contributed by atoms with Crippen molar-refractivity contribution < 1.29 is 9.84 Å². The van der Waals surface area contributed by atoms with E-state index in [2.05, 4.69) is 20.8 Å². The quantitative estimate of drug-likeness (QED) is 0.702. The van der Waals surface area contributed by atoms with Gasteiger partial charge in [-0.1, -0.05) is 13.3 Å². The van der Waals surface area contributed by atoms with E-state index >= 15 is 0 Å². The van der Waals surface area contributed by atoms with Gasteiger partial charge < -0.3 is 9.84 Å². The Kier molecular flexibility index (Phi) is 2.17. The SMILES string of the molecule is CC1(C)O[C@@]23[C@@H]1CCC[C@]2(C)CCC[C@@]3(C)O. The Hall–Kier alpha value is -0.0800. The lowest BCUT2D eigenvalue weighted by Crippen LogP contribution is -2.82. The molecule has 0 bridgehead atoms. The smallest absolute Gasteiger partial charge is 0.108 e. The Morgan fingerprint density at radius 1 is 1.00 bits per heavy atom. The second-order valence-corrected chi connectivity index (χ2v) is 7.57. The predicted octanol–water partition coefficient (Wildman–Crippen LogP) is 3.28. The van der Waals surface area contributed by atoms with Gasteiger partial charge in [-0.2, -0.15) is 0 Å². The summed E-state index contributed by atoms with van der Waals surface area (Å²) < 4.78 is 6.39. The monoisotopic (exact) mass is 238 g/mol. The van der Waals surface area contributed by atoms with Crippen molar-refractivity contribution in [3.05, 3.63) is 0 Å². The Labute approximate surface area is 105 Å². The zero-order valence-electron chi connectivity index (χ0n) is 11.7. The van der Waals surface area contributed by atoms with Crippen molar-refractivity contribution in [2.75, 3.05) is 0 Å². The van der Waals surface area contributed by atoms with E-state index < -0.39 is 5.60 Å². The maximum Gasteiger partial charge on any atom is 0.108 e. The Morgan fingerprint density at radius 3 is 2.29 bits per heavy atom. The molecule has 3 fully saturated rings. The molecule has 0 radical (unpaired) electrons. The van der Waals surface area contributed by atoms with Gasteiger partial charge >= 0.3 is 0 Å². The van der Waals surface area contributed by atoms with Crippen molar-refractivity contribution in [3.63, 3.8) is 0 Å². The lowest BCUT2D eigenvalue weighted by atomic mass is 9.43. The topological polar surface area (TPSA) is 29.5 Å². The second-order valence-electron chi connectivity index (χ2n) is 7.57. The van der Waals surface area contributed by atoms with Crippen LogP contribution >= 0.6 is 0 Å². The zero-order valence-corrected chi connectivity index (χ0v) is 11.7. The number of rotatable bonds is 0. The van der Waals surface area contributed by atoms with Crippen molar-refractivity contribution >= 4 is 0 Å². The van der Waals surface area contributed by atoms with Crippen LogP contribution in [0.15, 0.2) is 0 Å². The molecule has 0 aromatic heterocycles. The van der Waals surface area contributed by atoms with Crippen LogP contribution in [0.1, 0.15) is 66.2 Å². The first kappa shape index (κ1) is 12.0. The number of hydrogen-bond donors (Lipinski definition) is 1. The molecule has 1 heterocycles. The third-order valence-corrected chi connectivity index (χ3v) is 6.06. The molecule has 2 aliphatic carbocycles. The van der Waals surface area contributed by atoms with Crippen molar-refractivity contribution in [2.24, 2.45) is 11.3 Å². The van der Waals surface area contributed by atoms with Crippen molar-refractivity contribution in [2.45, 2.75) is 83.0 Å². The molecule has 2 nitrogen and oxygen atoms in total. The van der Waals surface area contributed by atoms with E-state index in [1.807, 2.05) is 6.92 Å². The largest absolute Gasteiger partial charge is 0.387 e. The van der Waals surface area contributed by atoms with Gasteiger partial charge in [-0.05, 0) is 58.3 Å². The zero-order chi connectivity index (χ0) is 12.5. The predicted molar refractivity (Wildman–Crippen MR) is 67.8 cm³/mol. The third-order valence-electron chi connectivity index (χ3n) is 6.06. The fourth-order valence-corrected chi connectivity index (χ4v) is 5.42. The van der Waals surface area contributed by atoms with Crippen molar-refractivity contribution in [1.29, 1.82) is 0 Å². The van der Waals surface area contributed by atoms with Crippen LogP contribution in [0.2, 0.25) is 0 Å². The van der Waals surface area contributed by atoms with Gasteiger partial charge in [0.1, 0.15) is 5.60 Å². The van der Waals surface area contributed by atoms with Crippen molar-refractivity contribution in [3.8, 4) is 0 Å². The fraction of sp³-hybridized carbons (Fsp3) is 1.00. The molecule has 3 rings (SSSR count). The van der Waals surface area contributed by atoms with Crippen LogP contribution in [0.25, 0.3) is 0 Å². The van der Waals surface area contributed by atoms with Gasteiger partial charge in [0.2, 0.25) is 0 Å². The van der Waals surface area contributed by atoms with Crippen LogP contribution in [-0.4, -0.2) is 21.9 Å². The lowest BCUT2D eigenvalue weighted by Gasteiger charge is -2.75. The molecule has 1 aliphatic heterocycles. The standard InChI is InChI=1S/C15H26O2/c1-12(2)11-7-5-8-13(3)9-6-10-14(4,16)15(11,13)17-12/h11,16H,5-10H2,1-4H3/t11-,13-,14-,15+/m1/s1. The molecule has 2 heteroatoms. The van der Waals surface area contributed by atoms with Crippen LogP contribution in [0, 0.1) is 11.3 Å². The molecule has 3 aliphatic rings. The Morgan fingerprint density at radius 2 is 1.65 bits per heavy atom. The highest BCUT2D eigenvalue weighted by atomic mass is 16.6. The van der Waals surface area contributed by atoms with E-state index in [0.717, 1.165) is 12.8 Å². The molecular formula is C15H26O2. The van der Waals surface area contributed by atoms with Gasteiger partial charge in [-0.3, -0.25) is 0 Å². The molecule has 0 aromatic carbocycles. The minimum Gasteiger partial charge on any atom is -0.387 e. The molecule has 0 amide bonds. The van der Waals surface area contributed by atoms with Crippen LogP contribution in [0.3, 0.4) is 0 Å². The summed E-state index contributed by atoms with van der Waals surface area (Å²) in [6.07, 6.45) is 6.99. The van der Waals surface area contributed by atoms with Crippen molar-refractivity contribution in [1.82, 2.24) is 0 Å². The van der Waals surface area contributed by atoms with E-state index in [4.69, 9.17) is 4.74 Å². The van der Waals surface area contributed by atoms with Crippen LogP contribution in [0.4, 0.5) is 0 Å². The molecular weight excluding hydrogens is 212 g/mol. The molecule has 0 aromatic rings. The summed E-state index contributed by atoms with van der Waals surface area (Å²) in [6.45, 7) is 8.75. The molecule has 1 saturated heterocycles. The van der Waals surface area contributed by atoms with Gasteiger partial charge in [-0.25, -0.2) is 0 Å². The lowest BCUT2D eigenvalue weighted by molar-refractivity contribution is -0.424. The minimum atomic E-state index is -0.638. The first-order chi connectivity index (χ1) is 7.75. The minimum absolute atomic E-state index is 0.0387. The van der Waals surface area contributed by atoms with E-state index in [1.165, 1.54) is 25.7 Å². The van der Waals surface area contributed by atoms with Gasteiger partial charge in [0, 0.05) is 5.92 Å². The number of ether oxygens (including phenoxy) is 1. The highest BCUT2D eigenvalue weighted by Gasteiger charge is 2.75. The first-order valence-corrected chi connectivity index (χ1v) is 7.18. The summed E-state index contributed by atoms with van der Waals surface area (Å²) in [6, 6.07) is 0. The number of hydrogen-bond acceptors (Lipinski definition) is 2. The third kappa shape index (κ3) is 1.19. The second kappa shape index (κ2) is 3.08. The molecule has 0 unspecified atom stereocenters. The maximum atomic E-state index is 10.9. The summed E-state index contributed by atoms with van der Waals surface area (Å²) in [5.74, 6) is 0.532. The van der Waals surface area contributed by atoms with Crippen LogP contribution in [0.5, 0.6) is 0 Å². The Balaban J connectivity index is 2.08. The van der Waals surface area contributed by atoms with Gasteiger partial charge in [-0.15, -0.1) is 0 Å². The summed E-state index contributed by atoms with van der Waals surface area (Å²) >= 11 is 0. The van der Waals surface area contributed by atoms with E-state index in [9.17, 15) is 5.11 Å². The van der Waals surface area contributed by atoms with Gasteiger partial charge in [0.25, 0.3) is 0 Å². The van der Waals surface area contributed by atoms with Gasteiger partial charge in [0.05, 0.1) is 11.2 Å². The normalized spacial score (nSPS) is 56.6. The van der Waals surface area contributed by atoms with Crippen LogP contribution in [-0.2, 0) is 4.74 Å².